The summed E-state index contributed by atoms with van der Waals surface area (Å²) in [6.45, 7) is 5.49. The second kappa shape index (κ2) is 12.2. The van der Waals surface area contributed by atoms with E-state index in [4.69, 9.17) is 14.2 Å². The van der Waals surface area contributed by atoms with Crippen LogP contribution in [0.2, 0.25) is 0 Å². The Balaban J connectivity index is 2.61. The van der Waals surface area contributed by atoms with Crippen LogP contribution in [0.1, 0.15) is 38.2 Å². The molecule has 0 bridgehead atoms. The van der Waals surface area contributed by atoms with Gasteiger partial charge in [-0.2, -0.15) is 0 Å². The molecule has 0 saturated carbocycles. The normalized spacial score (nSPS) is 11.0. The van der Waals surface area contributed by atoms with Crippen LogP contribution in [-0.2, 0) is 11.2 Å². The summed E-state index contributed by atoms with van der Waals surface area (Å²) in [5, 5.41) is 0. The smallest absolute Gasteiger partial charge is 0.122 e. The molecule has 0 atom stereocenters. The van der Waals surface area contributed by atoms with Gasteiger partial charge in [-0.3, -0.25) is 0 Å². The molecule has 4 nitrogen and oxygen atoms in total. The van der Waals surface area contributed by atoms with Crippen LogP contribution in [0.25, 0.3) is 0 Å². The maximum atomic E-state index is 5.98. The minimum Gasteiger partial charge on any atom is -0.494 e. The van der Waals surface area contributed by atoms with E-state index in [1.807, 2.05) is 12.1 Å². The van der Waals surface area contributed by atoms with Crippen molar-refractivity contribution in [3.8, 4) is 11.5 Å². The van der Waals surface area contributed by atoms with Crippen molar-refractivity contribution in [3.05, 3.63) is 23.8 Å². The second-order valence-electron chi connectivity index (χ2n) is 6.07. The maximum absolute atomic E-state index is 5.98. The zero-order valence-corrected chi connectivity index (χ0v) is 15.3. The van der Waals surface area contributed by atoms with Crippen molar-refractivity contribution in [2.45, 2.75) is 39.0 Å². The highest BCUT2D eigenvalue weighted by Crippen LogP contribution is 2.26. The third kappa shape index (κ3) is 8.82. The quantitative estimate of drug-likeness (QED) is 0.517. The molecule has 0 aliphatic heterocycles. The first kappa shape index (κ1) is 19.8. The molecule has 1 rings (SSSR count). The van der Waals surface area contributed by atoms with E-state index in [-0.39, 0.29) is 0 Å². The lowest BCUT2D eigenvalue weighted by molar-refractivity contribution is 0.194. The number of nitrogens with zero attached hydrogens (tertiary/aromatic N) is 1. The molecule has 4 heteroatoms. The fourth-order valence-corrected chi connectivity index (χ4v) is 2.29. The molecule has 0 saturated heterocycles. The molecule has 0 amide bonds. The highest BCUT2D eigenvalue weighted by atomic mass is 16.5. The van der Waals surface area contributed by atoms with E-state index in [9.17, 15) is 0 Å². The standard InChI is InChI=1S/C19H33NO3/c1-5-6-14-22-18-10-11-19(23-15-8-12-20(2)3)17(16-18)9-7-13-21-4/h10-11,16H,5-9,12-15H2,1-4H3. The van der Waals surface area contributed by atoms with Gasteiger partial charge in [-0.05, 0) is 63.5 Å². The Kier molecular flexibility index (Phi) is 10.5. The van der Waals surface area contributed by atoms with Crippen molar-refractivity contribution in [2.24, 2.45) is 0 Å². The molecule has 1 aromatic carbocycles. The van der Waals surface area contributed by atoms with E-state index >= 15 is 0 Å². The van der Waals surface area contributed by atoms with Crippen LogP contribution in [0.15, 0.2) is 18.2 Å². The Morgan fingerprint density at radius 1 is 0.957 bits per heavy atom. The molecule has 0 radical (unpaired) electrons. The summed E-state index contributed by atoms with van der Waals surface area (Å²) in [5.74, 6) is 1.91. The average molecular weight is 323 g/mol. The number of ether oxygens (including phenoxy) is 3. The van der Waals surface area contributed by atoms with Crippen LogP contribution in [-0.4, -0.2) is 52.5 Å². The van der Waals surface area contributed by atoms with Crippen LogP contribution < -0.4 is 9.47 Å². The summed E-state index contributed by atoms with van der Waals surface area (Å²) in [6.07, 6.45) is 5.19. The number of methoxy groups -OCH3 is 1. The van der Waals surface area contributed by atoms with Crippen molar-refractivity contribution in [1.82, 2.24) is 4.90 Å². The first-order valence-electron chi connectivity index (χ1n) is 8.69. The number of rotatable bonds is 13. The van der Waals surface area contributed by atoms with Gasteiger partial charge in [0.2, 0.25) is 0 Å². The summed E-state index contributed by atoms with van der Waals surface area (Å²) >= 11 is 0. The maximum Gasteiger partial charge on any atom is 0.122 e. The highest BCUT2D eigenvalue weighted by molar-refractivity contribution is 5.40. The lowest BCUT2D eigenvalue weighted by Gasteiger charge is -2.15. The molecule has 132 valence electrons. The SMILES string of the molecule is CCCCOc1ccc(OCCCN(C)C)c(CCCOC)c1. The Labute approximate surface area is 141 Å². The van der Waals surface area contributed by atoms with E-state index in [1.54, 1.807) is 7.11 Å². The number of unbranched alkanes of at least 4 members (excludes halogenated alkanes) is 1. The summed E-state index contributed by atoms with van der Waals surface area (Å²) in [5.41, 5.74) is 1.21. The van der Waals surface area contributed by atoms with Crippen molar-refractivity contribution >= 4 is 0 Å². The van der Waals surface area contributed by atoms with E-state index in [0.29, 0.717) is 0 Å². The average Bonchev–Trinajstić information content (AvgIpc) is 2.53. The molecule has 23 heavy (non-hydrogen) atoms. The molecule has 0 aliphatic carbocycles. The summed E-state index contributed by atoms with van der Waals surface area (Å²) < 4.78 is 16.9. The zero-order chi connectivity index (χ0) is 16.9. The third-order valence-electron chi connectivity index (χ3n) is 3.60. The molecule has 0 fully saturated rings. The molecule has 0 heterocycles. The van der Waals surface area contributed by atoms with Gasteiger partial charge in [0, 0.05) is 20.3 Å². The number of hydrogen-bond donors (Lipinski definition) is 0. The minimum atomic E-state index is 0.742. The lowest BCUT2D eigenvalue weighted by atomic mass is 10.1. The van der Waals surface area contributed by atoms with Crippen LogP contribution in [0.5, 0.6) is 11.5 Å². The van der Waals surface area contributed by atoms with Gasteiger partial charge in [0.1, 0.15) is 11.5 Å². The molecule has 0 N–H and O–H groups in total. The first-order chi connectivity index (χ1) is 11.2. The van der Waals surface area contributed by atoms with Crippen LogP contribution in [0, 0.1) is 0 Å². The number of aryl methyl sites for hydroxylation is 1. The summed E-state index contributed by atoms with van der Waals surface area (Å²) in [4.78, 5) is 2.17. The molecule has 0 aromatic heterocycles. The second-order valence-corrected chi connectivity index (χ2v) is 6.07. The largest absolute Gasteiger partial charge is 0.494 e. The van der Waals surface area contributed by atoms with Crippen LogP contribution in [0.4, 0.5) is 0 Å². The van der Waals surface area contributed by atoms with Crippen LogP contribution >= 0.6 is 0 Å². The van der Waals surface area contributed by atoms with Crippen molar-refractivity contribution in [2.75, 3.05) is 47.6 Å². The van der Waals surface area contributed by atoms with Gasteiger partial charge in [0.25, 0.3) is 0 Å². The van der Waals surface area contributed by atoms with Gasteiger partial charge in [0.15, 0.2) is 0 Å². The third-order valence-corrected chi connectivity index (χ3v) is 3.60. The molecule has 0 spiro atoms. The van der Waals surface area contributed by atoms with Gasteiger partial charge < -0.3 is 19.1 Å². The first-order valence-corrected chi connectivity index (χ1v) is 8.69. The van der Waals surface area contributed by atoms with Crippen LogP contribution in [0.3, 0.4) is 0 Å². The van der Waals surface area contributed by atoms with E-state index < -0.39 is 0 Å². The topological polar surface area (TPSA) is 30.9 Å². The molecule has 0 unspecified atom stereocenters. The molecular weight excluding hydrogens is 290 g/mol. The number of benzene rings is 1. The minimum absolute atomic E-state index is 0.742. The van der Waals surface area contributed by atoms with Crippen molar-refractivity contribution in [3.63, 3.8) is 0 Å². The predicted octanol–water partition coefficient (Wildman–Crippen LogP) is 3.78. The monoisotopic (exact) mass is 323 g/mol. The van der Waals surface area contributed by atoms with Gasteiger partial charge >= 0.3 is 0 Å². The number of hydrogen-bond acceptors (Lipinski definition) is 4. The Morgan fingerprint density at radius 2 is 1.74 bits per heavy atom. The zero-order valence-electron chi connectivity index (χ0n) is 15.3. The van der Waals surface area contributed by atoms with E-state index in [1.165, 1.54) is 5.56 Å². The Morgan fingerprint density at radius 3 is 2.43 bits per heavy atom. The summed E-state index contributed by atoms with van der Waals surface area (Å²) in [7, 11) is 5.90. The van der Waals surface area contributed by atoms with Gasteiger partial charge in [-0.15, -0.1) is 0 Å². The highest BCUT2D eigenvalue weighted by Gasteiger charge is 2.07. The predicted molar refractivity (Wildman–Crippen MR) is 95.7 cm³/mol. The molecule has 1 aromatic rings. The van der Waals surface area contributed by atoms with E-state index in [2.05, 4.69) is 32.0 Å². The van der Waals surface area contributed by atoms with E-state index in [0.717, 1.165) is 70.0 Å². The molecule has 0 aliphatic rings. The fraction of sp³-hybridized carbons (Fsp3) is 0.684. The van der Waals surface area contributed by atoms with Gasteiger partial charge in [0.05, 0.1) is 13.2 Å². The van der Waals surface area contributed by atoms with Crippen molar-refractivity contribution < 1.29 is 14.2 Å². The van der Waals surface area contributed by atoms with Gasteiger partial charge in [-0.25, -0.2) is 0 Å². The lowest BCUT2D eigenvalue weighted by Crippen LogP contribution is -2.15. The Hall–Kier alpha value is -1.26. The Bertz CT molecular complexity index is 421. The van der Waals surface area contributed by atoms with Gasteiger partial charge in [-0.1, -0.05) is 13.3 Å². The van der Waals surface area contributed by atoms with Crippen molar-refractivity contribution in [1.29, 1.82) is 0 Å². The fourth-order valence-electron chi connectivity index (χ4n) is 2.29. The molecular formula is C19H33NO3. The summed E-state index contributed by atoms with van der Waals surface area (Å²) in [6, 6.07) is 6.17.